The van der Waals surface area contributed by atoms with Crippen LogP contribution >= 0.6 is 0 Å². The molecule has 0 N–H and O–H groups in total. The van der Waals surface area contributed by atoms with Gasteiger partial charge in [0.2, 0.25) is 0 Å². The Balaban J connectivity index is 1.19. The van der Waals surface area contributed by atoms with Crippen LogP contribution in [-0.4, -0.2) is 0 Å². The molecule has 0 unspecified atom stereocenters. The van der Waals surface area contributed by atoms with Crippen molar-refractivity contribution in [1.82, 2.24) is 0 Å². The summed E-state index contributed by atoms with van der Waals surface area (Å²) in [4.78, 5) is 2.53. The minimum Gasteiger partial charge on any atom is -0.309 e. The Hall–Kier alpha value is -6.96. The monoisotopic (exact) mass is 743 g/mol. The second-order valence-electron chi connectivity index (χ2n) is 15.5. The van der Waals surface area contributed by atoms with E-state index >= 15 is 0 Å². The first-order chi connectivity index (χ1) is 28.7. The van der Waals surface area contributed by atoms with Crippen LogP contribution in [0.3, 0.4) is 0 Å². The molecule has 0 aromatic heterocycles. The standard InChI is InChI=1S/C57H45N/c1-3-57(4-2)53-30-18-17-29-52(53)55-54(57)39-44-23-11-12-28-51(44)56(55)58(45-35-31-42(32-36-45)49-26-15-13-24-47(49)40-19-7-5-8-20-40)46-37-33-43(34-38-46)50-27-16-14-25-48(50)41-21-9-6-10-22-41/h5-39H,3-4H2,1-2H3. The van der Waals surface area contributed by atoms with Gasteiger partial charge in [-0.15, -0.1) is 0 Å². The molecular formula is C57H45N. The molecule has 10 rings (SSSR count). The van der Waals surface area contributed by atoms with E-state index in [1.807, 2.05) is 0 Å². The minimum absolute atomic E-state index is 0.0631. The zero-order chi connectivity index (χ0) is 39.1. The molecule has 0 aliphatic heterocycles. The molecule has 1 heteroatoms. The van der Waals surface area contributed by atoms with Crippen molar-refractivity contribution in [1.29, 1.82) is 0 Å². The van der Waals surface area contributed by atoms with E-state index in [9.17, 15) is 0 Å². The fraction of sp³-hybridized carbons (Fsp3) is 0.0877. The molecule has 58 heavy (non-hydrogen) atoms. The van der Waals surface area contributed by atoms with E-state index in [1.165, 1.54) is 83.2 Å². The first-order valence-electron chi connectivity index (χ1n) is 20.6. The Bertz CT molecular complexity index is 2760. The molecule has 0 fully saturated rings. The summed E-state index contributed by atoms with van der Waals surface area (Å²) in [5.74, 6) is 0. The largest absolute Gasteiger partial charge is 0.309 e. The summed E-state index contributed by atoms with van der Waals surface area (Å²) in [5, 5.41) is 2.51. The number of anilines is 3. The molecule has 0 spiro atoms. The minimum atomic E-state index is -0.0631. The van der Waals surface area contributed by atoms with E-state index in [1.54, 1.807) is 0 Å². The highest BCUT2D eigenvalue weighted by Crippen LogP contribution is 2.59. The number of rotatable bonds is 9. The van der Waals surface area contributed by atoms with Gasteiger partial charge in [-0.05, 0) is 110 Å². The van der Waals surface area contributed by atoms with Crippen LogP contribution in [0.15, 0.2) is 212 Å². The predicted octanol–water partition coefficient (Wildman–Crippen LogP) is 16.1. The van der Waals surface area contributed by atoms with Gasteiger partial charge in [0, 0.05) is 27.7 Å². The van der Waals surface area contributed by atoms with Crippen LogP contribution < -0.4 is 4.90 Å². The lowest BCUT2D eigenvalue weighted by molar-refractivity contribution is 0.491. The topological polar surface area (TPSA) is 3.24 Å². The third-order valence-electron chi connectivity index (χ3n) is 12.6. The van der Waals surface area contributed by atoms with Crippen molar-refractivity contribution < 1.29 is 0 Å². The van der Waals surface area contributed by atoms with Gasteiger partial charge in [-0.1, -0.05) is 196 Å². The Morgan fingerprint density at radius 1 is 0.362 bits per heavy atom. The first-order valence-corrected chi connectivity index (χ1v) is 20.6. The Morgan fingerprint density at radius 2 is 0.759 bits per heavy atom. The van der Waals surface area contributed by atoms with Gasteiger partial charge in [-0.3, -0.25) is 0 Å². The summed E-state index contributed by atoms with van der Waals surface area (Å²) in [6.07, 6.45) is 2.08. The average molecular weight is 744 g/mol. The van der Waals surface area contributed by atoms with Crippen molar-refractivity contribution in [2.24, 2.45) is 0 Å². The van der Waals surface area contributed by atoms with Crippen LogP contribution in [0.5, 0.6) is 0 Å². The molecule has 0 bridgehead atoms. The zero-order valence-corrected chi connectivity index (χ0v) is 33.1. The van der Waals surface area contributed by atoms with E-state index in [2.05, 4.69) is 231 Å². The fourth-order valence-electron chi connectivity index (χ4n) is 9.68. The lowest BCUT2D eigenvalue weighted by atomic mass is 9.73. The van der Waals surface area contributed by atoms with E-state index < -0.39 is 0 Å². The first kappa shape index (κ1) is 35.5. The molecule has 0 saturated carbocycles. The van der Waals surface area contributed by atoms with Crippen LogP contribution in [0, 0.1) is 0 Å². The van der Waals surface area contributed by atoms with Crippen molar-refractivity contribution in [3.8, 4) is 55.6 Å². The molecule has 1 nitrogen and oxygen atoms in total. The molecule has 278 valence electrons. The number of hydrogen-bond donors (Lipinski definition) is 0. The van der Waals surface area contributed by atoms with Crippen molar-refractivity contribution in [2.75, 3.05) is 4.90 Å². The number of benzene rings is 9. The van der Waals surface area contributed by atoms with Crippen LogP contribution in [0.4, 0.5) is 17.1 Å². The summed E-state index contributed by atoms with van der Waals surface area (Å²) in [6, 6.07) is 78.0. The van der Waals surface area contributed by atoms with Gasteiger partial charge in [-0.25, -0.2) is 0 Å². The Kier molecular flexibility index (Phi) is 9.07. The SMILES string of the molecule is CCC1(CC)c2ccccc2-c2c1cc1ccccc1c2N(c1ccc(-c2ccccc2-c2ccccc2)cc1)c1ccc(-c2ccccc2-c2ccccc2)cc1. The second kappa shape index (κ2) is 14.8. The van der Waals surface area contributed by atoms with Gasteiger partial charge in [0.1, 0.15) is 0 Å². The molecule has 9 aromatic rings. The molecule has 1 aliphatic carbocycles. The third-order valence-corrected chi connectivity index (χ3v) is 12.6. The summed E-state index contributed by atoms with van der Waals surface area (Å²) in [6.45, 7) is 4.72. The lowest BCUT2D eigenvalue weighted by Crippen LogP contribution is -2.23. The van der Waals surface area contributed by atoms with E-state index in [-0.39, 0.29) is 5.41 Å². The van der Waals surface area contributed by atoms with Crippen molar-refractivity contribution in [3.05, 3.63) is 223 Å². The lowest BCUT2D eigenvalue weighted by Gasteiger charge is -2.32. The van der Waals surface area contributed by atoms with Crippen LogP contribution in [0.2, 0.25) is 0 Å². The highest BCUT2D eigenvalue weighted by atomic mass is 15.1. The summed E-state index contributed by atoms with van der Waals surface area (Å²) in [5.41, 5.74) is 18.7. The molecule has 0 atom stereocenters. The number of hydrogen-bond acceptors (Lipinski definition) is 1. The van der Waals surface area contributed by atoms with Gasteiger partial charge in [0.15, 0.2) is 0 Å². The van der Waals surface area contributed by atoms with Gasteiger partial charge in [-0.2, -0.15) is 0 Å². The normalized spacial score (nSPS) is 12.6. The average Bonchev–Trinajstić information content (AvgIpc) is 3.59. The van der Waals surface area contributed by atoms with Gasteiger partial charge >= 0.3 is 0 Å². The molecule has 0 saturated heterocycles. The van der Waals surface area contributed by atoms with E-state index in [0.717, 1.165) is 24.2 Å². The summed E-state index contributed by atoms with van der Waals surface area (Å²) >= 11 is 0. The number of fused-ring (bicyclic) bond motifs is 4. The summed E-state index contributed by atoms with van der Waals surface area (Å²) < 4.78 is 0. The quantitative estimate of drug-likeness (QED) is 0.142. The zero-order valence-electron chi connectivity index (χ0n) is 33.1. The molecule has 0 heterocycles. The van der Waals surface area contributed by atoms with Crippen molar-refractivity contribution in [2.45, 2.75) is 32.1 Å². The van der Waals surface area contributed by atoms with Crippen LogP contribution in [-0.2, 0) is 5.41 Å². The van der Waals surface area contributed by atoms with E-state index in [0.29, 0.717) is 0 Å². The van der Waals surface area contributed by atoms with Gasteiger partial charge in [0.25, 0.3) is 0 Å². The maximum atomic E-state index is 2.53. The Labute approximate surface area is 342 Å². The molecular weight excluding hydrogens is 699 g/mol. The number of nitrogens with zero attached hydrogens (tertiary/aromatic N) is 1. The highest BCUT2D eigenvalue weighted by Gasteiger charge is 2.43. The fourth-order valence-corrected chi connectivity index (χ4v) is 9.68. The van der Waals surface area contributed by atoms with Crippen LogP contribution in [0.1, 0.15) is 37.8 Å². The van der Waals surface area contributed by atoms with E-state index in [4.69, 9.17) is 0 Å². The van der Waals surface area contributed by atoms with Gasteiger partial charge < -0.3 is 4.90 Å². The highest BCUT2D eigenvalue weighted by molar-refractivity contribution is 6.10. The third kappa shape index (κ3) is 5.85. The van der Waals surface area contributed by atoms with Gasteiger partial charge in [0.05, 0.1) is 5.69 Å². The van der Waals surface area contributed by atoms with Crippen LogP contribution in [0.25, 0.3) is 66.4 Å². The van der Waals surface area contributed by atoms with Crippen molar-refractivity contribution >= 4 is 27.8 Å². The summed E-state index contributed by atoms with van der Waals surface area (Å²) in [7, 11) is 0. The maximum absolute atomic E-state index is 2.53. The molecule has 1 aliphatic rings. The molecule has 0 amide bonds. The predicted molar refractivity (Wildman–Crippen MR) is 247 cm³/mol. The Morgan fingerprint density at radius 3 is 1.24 bits per heavy atom. The maximum Gasteiger partial charge on any atom is 0.0621 e. The molecule has 0 radical (unpaired) electrons. The second-order valence-corrected chi connectivity index (χ2v) is 15.5. The van der Waals surface area contributed by atoms with Crippen molar-refractivity contribution in [3.63, 3.8) is 0 Å². The molecule has 9 aromatic carbocycles. The smallest absolute Gasteiger partial charge is 0.0621 e.